The van der Waals surface area contributed by atoms with Crippen molar-refractivity contribution in [1.82, 2.24) is 0 Å². The summed E-state index contributed by atoms with van der Waals surface area (Å²) in [6, 6.07) is 8.24. The lowest BCUT2D eigenvalue weighted by atomic mass is 10.0. The minimum Gasteiger partial charge on any atom is -0.491 e. The first-order valence-corrected chi connectivity index (χ1v) is 14.5. The van der Waals surface area contributed by atoms with Gasteiger partial charge in [0.2, 0.25) is 0 Å². The van der Waals surface area contributed by atoms with Crippen molar-refractivity contribution in [2.75, 3.05) is 26.4 Å². The minimum atomic E-state index is -5.73. The maximum absolute atomic E-state index is 14.5. The molecule has 0 bridgehead atoms. The van der Waals surface area contributed by atoms with Crippen LogP contribution in [0.1, 0.15) is 35.1 Å². The highest BCUT2D eigenvalue weighted by Crippen LogP contribution is 2.49. The van der Waals surface area contributed by atoms with Crippen LogP contribution < -0.4 is 18.9 Å². The van der Waals surface area contributed by atoms with Crippen LogP contribution in [0.5, 0.6) is 23.0 Å². The highest BCUT2D eigenvalue weighted by molar-refractivity contribution is 5.76. The van der Waals surface area contributed by atoms with Crippen molar-refractivity contribution < 1.29 is 73.1 Å². The van der Waals surface area contributed by atoms with Crippen LogP contribution in [-0.4, -0.2) is 50.6 Å². The Labute approximate surface area is 267 Å². The molecule has 0 saturated carbocycles. The summed E-state index contributed by atoms with van der Waals surface area (Å²) in [5.74, 6) is -6.98. The molecule has 16 heteroatoms. The number of carbonyl (C=O) groups is 2. The molecular weight excluding hydrogens is 664 g/mol. The van der Waals surface area contributed by atoms with E-state index in [0.717, 1.165) is 12.1 Å². The first kappa shape index (κ1) is 34.9. The Morgan fingerprint density at radius 2 is 1.02 bits per heavy atom. The first-order chi connectivity index (χ1) is 22.7. The van der Waals surface area contributed by atoms with Gasteiger partial charge in [-0.2, -0.15) is 26.3 Å². The molecule has 5 rings (SSSR count). The van der Waals surface area contributed by atoms with Crippen molar-refractivity contribution in [2.45, 2.75) is 50.2 Å². The van der Waals surface area contributed by atoms with Crippen LogP contribution in [0.3, 0.4) is 0 Å². The molecule has 2 atom stereocenters. The van der Waals surface area contributed by atoms with Crippen molar-refractivity contribution in [3.05, 3.63) is 82.4 Å². The predicted octanol–water partition coefficient (Wildman–Crippen LogP) is 6.63. The lowest BCUT2D eigenvalue weighted by molar-refractivity contribution is -0.165. The zero-order valence-electron chi connectivity index (χ0n) is 24.7. The molecule has 2 heterocycles. The summed E-state index contributed by atoms with van der Waals surface area (Å²) in [4.78, 5) is 24.9. The zero-order chi connectivity index (χ0) is 34.6. The smallest absolute Gasteiger partial charge is 0.420 e. The fourth-order valence-corrected chi connectivity index (χ4v) is 4.47. The van der Waals surface area contributed by atoms with E-state index in [1.807, 2.05) is 0 Å². The topological polar surface area (TPSA) is 96.1 Å². The van der Waals surface area contributed by atoms with E-state index in [-0.39, 0.29) is 60.9 Å². The molecule has 0 spiro atoms. The molecule has 0 aliphatic carbocycles. The molecule has 48 heavy (non-hydrogen) atoms. The molecule has 3 aromatic rings. The molecule has 0 radical (unpaired) electrons. The number of epoxide rings is 2. The van der Waals surface area contributed by atoms with Gasteiger partial charge in [0.15, 0.2) is 0 Å². The summed E-state index contributed by atoms with van der Waals surface area (Å²) in [6.45, 7) is 1.44. The van der Waals surface area contributed by atoms with Gasteiger partial charge in [0, 0.05) is 12.1 Å². The van der Waals surface area contributed by atoms with Gasteiger partial charge < -0.3 is 28.4 Å². The Bertz CT molecular complexity index is 1530. The van der Waals surface area contributed by atoms with Gasteiger partial charge in [0.25, 0.3) is 0 Å². The Kier molecular flexibility index (Phi) is 10.4. The predicted molar refractivity (Wildman–Crippen MR) is 148 cm³/mol. The average molecular weight is 691 g/mol. The van der Waals surface area contributed by atoms with Gasteiger partial charge in [-0.15, -0.1) is 0 Å². The van der Waals surface area contributed by atoms with Gasteiger partial charge in [-0.25, -0.2) is 8.78 Å². The van der Waals surface area contributed by atoms with Crippen LogP contribution in [0.2, 0.25) is 0 Å². The van der Waals surface area contributed by atoms with Crippen molar-refractivity contribution in [2.24, 2.45) is 0 Å². The monoisotopic (exact) mass is 690 g/mol. The SMILES string of the molecule is O=C(CCc1ccc(OCC2CO2)cc1F)Oc1ccc(OC(=O)CCc2ccc(OCC3CO3)cc2F)c(C(F)(F)F)c1C(F)(F)F. The normalized spacial score (nSPS) is 17.1. The lowest BCUT2D eigenvalue weighted by Crippen LogP contribution is -2.22. The van der Waals surface area contributed by atoms with E-state index in [1.54, 1.807) is 0 Å². The highest BCUT2D eigenvalue weighted by Gasteiger charge is 2.49. The number of hydrogen-bond donors (Lipinski definition) is 0. The summed E-state index contributed by atoms with van der Waals surface area (Å²) in [6.07, 6.45) is -13.7. The Hall–Kier alpha value is -4.44. The summed E-state index contributed by atoms with van der Waals surface area (Å²) in [5.41, 5.74) is -4.86. The van der Waals surface area contributed by atoms with E-state index in [9.17, 15) is 44.7 Å². The molecule has 2 aliphatic heterocycles. The highest BCUT2D eigenvalue weighted by atomic mass is 19.4. The molecule has 2 fully saturated rings. The van der Waals surface area contributed by atoms with Crippen LogP contribution in [0.4, 0.5) is 35.1 Å². The number of ether oxygens (including phenoxy) is 6. The van der Waals surface area contributed by atoms with Crippen molar-refractivity contribution in [3.63, 3.8) is 0 Å². The first-order valence-electron chi connectivity index (χ1n) is 14.5. The molecule has 258 valence electrons. The van der Waals surface area contributed by atoms with Gasteiger partial charge >= 0.3 is 24.3 Å². The second-order valence-electron chi connectivity index (χ2n) is 10.8. The lowest BCUT2D eigenvalue weighted by Gasteiger charge is -2.21. The standard InChI is InChI=1S/C32H26F8O8/c33-23-11-19(43-13-21-15-45-21)5-1-17(23)3-9-27(41)47-25-7-8-26(30(32(38,39)40)29(25)31(35,36)37)48-28(42)10-4-18-2-6-20(12-24(18)34)44-14-22-16-46-22/h1-2,5-8,11-12,21-22H,3-4,9-10,13-16H2. The summed E-state index contributed by atoms with van der Waals surface area (Å²) >= 11 is 0. The number of carbonyl (C=O) groups excluding carboxylic acids is 2. The Morgan fingerprint density at radius 3 is 1.33 bits per heavy atom. The second-order valence-corrected chi connectivity index (χ2v) is 10.8. The number of rotatable bonds is 14. The van der Waals surface area contributed by atoms with Crippen LogP contribution in [-0.2, 0) is 44.3 Å². The van der Waals surface area contributed by atoms with Crippen LogP contribution in [0, 0.1) is 11.6 Å². The van der Waals surface area contributed by atoms with Gasteiger partial charge in [0.05, 0.1) is 26.1 Å². The fourth-order valence-electron chi connectivity index (χ4n) is 4.47. The van der Waals surface area contributed by atoms with Gasteiger partial charge in [-0.05, 0) is 48.2 Å². The second kappa shape index (κ2) is 14.4. The largest absolute Gasteiger partial charge is 0.491 e. The van der Waals surface area contributed by atoms with Crippen LogP contribution in [0.25, 0.3) is 0 Å². The van der Waals surface area contributed by atoms with E-state index < -0.39 is 71.4 Å². The molecule has 2 unspecified atom stereocenters. The van der Waals surface area contributed by atoms with Gasteiger partial charge in [-0.1, -0.05) is 12.1 Å². The molecule has 0 amide bonds. The maximum Gasteiger partial charge on any atom is 0.420 e. The number of halogens is 8. The third-order valence-electron chi connectivity index (χ3n) is 7.07. The minimum absolute atomic E-state index is 0.0240. The Morgan fingerprint density at radius 1 is 0.646 bits per heavy atom. The number of aryl methyl sites for hydroxylation is 2. The molecule has 2 aliphatic rings. The number of alkyl halides is 6. The third kappa shape index (κ3) is 9.56. The van der Waals surface area contributed by atoms with Crippen LogP contribution in [0.15, 0.2) is 48.5 Å². The third-order valence-corrected chi connectivity index (χ3v) is 7.07. The quantitative estimate of drug-likeness (QED) is 0.0805. The van der Waals surface area contributed by atoms with Crippen molar-refractivity contribution >= 4 is 11.9 Å². The molecule has 0 N–H and O–H groups in total. The van der Waals surface area contributed by atoms with Gasteiger partial charge in [0.1, 0.15) is 71.2 Å². The number of hydrogen-bond acceptors (Lipinski definition) is 8. The molecule has 0 aromatic heterocycles. The maximum atomic E-state index is 14.5. The van der Waals surface area contributed by atoms with E-state index in [4.69, 9.17) is 18.9 Å². The number of esters is 2. The fraction of sp³-hybridized carbons (Fsp3) is 0.375. The van der Waals surface area contributed by atoms with Gasteiger partial charge in [-0.3, -0.25) is 9.59 Å². The summed E-state index contributed by atoms with van der Waals surface area (Å²) < 4.78 is 143. The van der Waals surface area contributed by atoms with E-state index >= 15 is 0 Å². The summed E-state index contributed by atoms with van der Waals surface area (Å²) in [7, 11) is 0. The Balaban J connectivity index is 1.25. The van der Waals surface area contributed by atoms with Crippen LogP contribution >= 0.6 is 0 Å². The molecule has 8 nitrogen and oxygen atoms in total. The van der Waals surface area contributed by atoms with Crippen molar-refractivity contribution in [3.8, 4) is 23.0 Å². The average Bonchev–Trinajstić information content (AvgIpc) is 3.93. The molecule has 3 aromatic carbocycles. The molecule has 2 saturated heterocycles. The van der Waals surface area contributed by atoms with Crippen molar-refractivity contribution in [1.29, 1.82) is 0 Å². The number of benzene rings is 3. The molecular formula is C32H26F8O8. The summed E-state index contributed by atoms with van der Waals surface area (Å²) in [5, 5.41) is 0. The zero-order valence-corrected chi connectivity index (χ0v) is 24.7. The van der Waals surface area contributed by atoms with E-state index in [0.29, 0.717) is 25.3 Å². The van der Waals surface area contributed by atoms with E-state index in [1.165, 1.54) is 24.3 Å². The van der Waals surface area contributed by atoms with E-state index in [2.05, 4.69) is 9.47 Å².